The van der Waals surface area contributed by atoms with E-state index in [0.717, 1.165) is 35.7 Å². The third-order valence-electron chi connectivity index (χ3n) is 4.60. The van der Waals surface area contributed by atoms with Crippen LogP contribution < -0.4 is 5.32 Å². The Labute approximate surface area is 159 Å². The van der Waals surface area contributed by atoms with Crippen LogP contribution in [0, 0.1) is 13.8 Å². The Morgan fingerprint density at radius 1 is 1.40 bits per heavy atom. The van der Waals surface area contributed by atoms with Gasteiger partial charge in [-0.15, -0.1) is 12.4 Å². The van der Waals surface area contributed by atoms with Crippen LogP contribution in [0.3, 0.4) is 0 Å². The van der Waals surface area contributed by atoms with E-state index in [0.29, 0.717) is 24.4 Å². The van der Waals surface area contributed by atoms with Crippen molar-refractivity contribution in [1.82, 2.24) is 15.4 Å². The first-order valence-corrected chi connectivity index (χ1v) is 8.62. The summed E-state index contributed by atoms with van der Waals surface area (Å²) in [4.78, 5) is 14.8. The van der Waals surface area contributed by atoms with Crippen molar-refractivity contribution in [1.29, 1.82) is 0 Å². The van der Waals surface area contributed by atoms with Gasteiger partial charge in [-0.3, -0.25) is 4.79 Å². The first-order valence-electron chi connectivity index (χ1n) is 8.24. The maximum absolute atomic E-state index is 12.8. The number of benzene rings is 1. The third kappa shape index (κ3) is 4.35. The molecule has 1 aromatic carbocycles. The maximum Gasteiger partial charge on any atom is 0.223 e. The Hall–Kier alpha value is -1.56. The topological polar surface area (TPSA) is 58.4 Å². The van der Waals surface area contributed by atoms with Crippen molar-refractivity contribution in [3.63, 3.8) is 0 Å². The number of aromatic nitrogens is 1. The Morgan fingerprint density at radius 3 is 2.84 bits per heavy atom. The van der Waals surface area contributed by atoms with Crippen molar-refractivity contribution in [3.8, 4) is 0 Å². The first-order chi connectivity index (χ1) is 11.6. The molecule has 1 fully saturated rings. The van der Waals surface area contributed by atoms with Crippen molar-refractivity contribution in [2.45, 2.75) is 32.7 Å². The minimum atomic E-state index is -0.0235. The van der Waals surface area contributed by atoms with Crippen molar-refractivity contribution in [2.75, 3.05) is 19.6 Å². The highest BCUT2D eigenvalue weighted by atomic mass is 35.5. The van der Waals surface area contributed by atoms with Gasteiger partial charge in [-0.25, -0.2) is 0 Å². The summed E-state index contributed by atoms with van der Waals surface area (Å²) in [5, 5.41) is 8.01. The highest BCUT2D eigenvalue weighted by molar-refractivity contribution is 6.31. The SMILES string of the molecule is Cc1noc(C)c1CCC(=O)N1CCNCC1c1ccccc1Cl.Cl. The largest absolute Gasteiger partial charge is 0.361 e. The van der Waals surface area contributed by atoms with E-state index >= 15 is 0 Å². The molecular formula is C18H23Cl2N3O2. The maximum atomic E-state index is 12.8. The van der Waals surface area contributed by atoms with Crippen LogP contribution >= 0.6 is 24.0 Å². The summed E-state index contributed by atoms with van der Waals surface area (Å²) < 4.78 is 5.18. The van der Waals surface area contributed by atoms with Crippen LogP contribution in [-0.2, 0) is 11.2 Å². The van der Waals surface area contributed by atoms with Crippen LogP contribution in [0.4, 0.5) is 0 Å². The highest BCUT2D eigenvalue weighted by Gasteiger charge is 2.29. The monoisotopic (exact) mass is 383 g/mol. The number of nitrogens with zero attached hydrogens (tertiary/aromatic N) is 2. The van der Waals surface area contributed by atoms with Crippen molar-refractivity contribution < 1.29 is 9.32 Å². The van der Waals surface area contributed by atoms with Gasteiger partial charge >= 0.3 is 0 Å². The summed E-state index contributed by atoms with van der Waals surface area (Å²) in [5.41, 5.74) is 2.90. The predicted octanol–water partition coefficient (Wildman–Crippen LogP) is 3.47. The van der Waals surface area contributed by atoms with E-state index in [1.54, 1.807) is 0 Å². The number of rotatable bonds is 4. The predicted molar refractivity (Wildman–Crippen MR) is 100 cm³/mol. The van der Waals surface area contributed by atoms with E-state index in [-0.39, 0.29) is 24.4 Å². The summed E-state index contributed by atoms with van der Waals surface area (Å²) in [5.74, 6) is 0.935. The number of hydrogen-bond donors (Lipinski definition) is 1. The van der Waals surface area contributed by atoms with Gasteiger partial charge in [-0.05, 0) is 31.9 Å². The molecular weight excluding hydrogens is 361 g/mol. The van der Waals surface area contributed by atoms with Crippen LogP contribution in [0.2, 0.25) is 5.02 Å². The Morgan fingerprint density at radius 2 is 2.16 bits per heavy atom. The smallest absolute Gasteiger partial charge is 0.223 e. The molecule has 0 saturated carbocycles. The van der Waals surface area contributed by atoms with Gasteiger partial charge < -0.3 is 14.7 Å². The Bertz CT molecular complexity index is 713. The summed E-state index contributed by atoms with van der Waals surface area (Å²) in [7, 11) is 0. The molecule has 5 nitrogen and oxygen atoms in total. The lowest BCUT2D eigenvalue weighted by Gasteiger charge is -2.37. The molecule has 1 atom stereocenters. The first kappa shape index (κ1) is 19.8. The minimum Gasteiger partial charge on any atom is -0.361 e. The van der Waals surface area contributed by atoms with Crippen molar-refractivity contribution in [2.24, 2.45) is 0 Å². The van der Waals surface area contributed by atoms with Crippen LogP contribution in [0.25, 0.3) is 0 Å². The Kier molecular flexibility index (Phi) is 6.87. The molecule has 136 valence electrons. The quantitative estimate of drug-likeness (QED) is 0.877. The van der Waals surface area contributed by atoms with E-state index in [1.807, 2.05) is 43.0 Å². The summed E-state index contributed by atoms with van der Waals surface area (Å²) in [6.45, 7) is 6.01. The number of hydrogen-bond acceptors (Lipinski definition) is 4. The molecule has 1 N–H and O–H groups in total. The summed E-state index contributed by atoms with van der Waals surface area (Å²) in [6, 6.07) is 7.71. The molecule has 25 heavy (non-hydrogen) atoms. The molecule has 7 heteroatoms. The summed E-state index contributed by atoms with van der Waals surface area (Å²) in [6.07, 6.45) is 1.10. The second-order valence-corrected chi connectivity index (χ2v) is 6.54. The second-order valence-electron chi connectivity index (χ2n) is 6.13. The number of amides is 1. The normalized spacial score (nSPS) is 17.2. The lowest BCUT2D eigenvalue weighted by atomic mass is 10.0. The molecule has 1 aromatic heterocycles. The fraction of sp³-hybridized carbons (Fsp3) is 0.444. The van der Waals surface area contributed by atoms with Gasteiger partial charge in [-0.1, -0.05) is 35.0 Å². The van der Waals surface area contributed by atoms with Crippen molar-refractivity contribution in [3.05, 3.63) is 51.9 Å². The van der Waals surface area contributed by atoms with Crippen LogP contribution in [0.5, 0.6) is 0 Å². The average molecular weight is 384 g/mol. The van der Waals surface area contributed by atoms with Gasteiger partial charge in [0.25, 0.3) is 0 Å². The number of piperazine rings is 1. The Balaban J connectivity index is 0.00000225. The number of carbonyl (C=O) groups excluding carboxylic acids is 1. The second kappa shape index (κ2) is 8.70. The van der Waals surface area contributed by atoms with Crippen LogP contribution in [-0.4, -0.2) is 35.6 Å². The van der Waals surface area contributed by atoms with Gasteiger partial charge in [0, 0.05) is 36.6 Å². The number of halogens is 2. The zero-order valence-corrected chi connectivity index (χ0v) is 16.0. The van der Waals surface area contributed by atoms with Gasteiger partial charge in [-0.2, -0.15) is 0 Å². The lowest BCUT2D eigenvalue weighted by Crippen LogP contribution is -2.48. The zero-order valence-electron chi connectivity index (χ0n) is 14.4. The average Bonchev–Trinajstić information content (AvgIpc) is 2.91. The van der Waals surface area contributed by atoms with E-state index in [2.05, 4.69) is 10.5 Å². The van der Waals surface area contributed by atoms with Gasteiger partial charge in [0.05, 0.1) is 11.7 Å². The number of aryl methyl sites for hydroxylation is 2. The molecule has 1 amide bonds. The third-order valence-corrected chi connectivity index (χ3v) is 4.94. The molecule has 1 aliphatic heterocycles. The van der Waals surface area contributed by atoms with E-state index < -0.39 is 0 Å². The molecule has 2 heterocycles. The molecule has 1 unspecified atom stereocenters. The molecule has 1 aliphatic rings. The minimum absolute atomic E-state index is 0. The molecule has 0 aliphatic carbocycles. The number of nitrogens with one attached hydrogen (secondary N) is 1. The van der Waals surface area contributed by atoms with Crippen LogP contribution in [0.15, 0.2) is 28.8 Å². The standard InChI is InChI=1S/C18H22ClN3O2.ClH/c1-12-14(13(2)24-21-12)7-8-18(23)22-10-9-20-11-17(22)15-5-3-4-6-16(15)19;/h3-6,17,20H,7-11H2,1-2H3;1H. The van der Waals surface area contributed by atoms with Gasteiger partial charge in [0.15, 0.2) is 0 Å². The number of carbonyl (C=O) groups is 1. The summed E-state index contributed by atoms with van der Waals surface area (Å²) >= 11 is 6.34. The fourth-order valence-corrected chi connectivity index (χ4v) is 3.52. The lowest BCUT2D eigenvalue weighted by molar-refractivity contribution is -0.134. The van der Waals surface area contributed by atoms with E-state index in [4.69, 9.17) is 16.1 Å². The molecule has 1 saturated heterocycles. The molecule has 0 bridgehead atoms. The van der Waals surface area contributed by atoms with Crippen molar-refractivity contribution >= 4 is 29.9 Å². The molecule has 3 rings (SSSR count). The van der Waals surface area contributed by atoms with E-state index in [9.17, 15) is 4.79 Å². The molecule has 0 spiro atoms. The van der Waals surface area contributed by atoms with Gasteiger partial charge in [0.2, 0.25) is 5.91 Å². The highest BCUT2D eigenvalue weighted by Crippen LogP contribution is 2.29. The fourth-order valence-electron chi connectivity index (χ4n) is 3.26. The zero-order chi connectivity index (χ0) is 17.1. The van der Waals surface area contributed by atoms with E-state index in [1.165, 1.54) is 0 Å². The molecule has 0 radical (unpaired) electrons. The molecule has 2 aromatic rings. The van der Waals surface area contributed by atoms with Crippen LogP contribution in [0.1, 0.15) is 35.0 Å². The van der Waals surface area contributed by atoms with Gasteiger partial charge in [0.1, 0.15) is 5.76 Å².